The van der Waals surface area contributed by atoms with Crippen LogP contribution in [-0.4, -0.2) is 19.5 Å². The van der Waals surface area contributed by atoms with E-state index in [9.17, 15) is 4.39 Å². The second kappa shape index (κ2) is 5.04. The molecule has 0 unspecified atom stereocenters. The van der Waals surface area contributed by atoms with E-state index in [0.717, 1.165) is 16.9 Å². The van der Waals surface area contributed by atoms with Crippen LogP contribution in [0.25, 0.3) is 28.2 Å². The number of halogens is 1. The highest BCUT2D eigenvalue weighted by Crippen LogP contribution is 2.27. The van der Waals surface area contributed by atoms with Crippen LogP contribution < -0.4 is 0 Å². The Labute approximate surface area is 125 Å². The molecule has 0 radical (unpaired) electrons. The number of pyridine rings is 2. The lowest BCUT2D eigenvalue weighted by Crippen LogP contribution is -1.98. The van der Waals surface area contributed by atoms with Gasteiger partial charge in [0.15, 0.2) is 5.65 Å². The third-order valence-corrected chi connectivity index (χ3v) is 3.42. The van der Waals surface area contributed by atoms with Crippen molar-refractivity contribution in [3.63, 3.8) is 0 Å². The first-order valence-electron chi connectivity index (χ1n) is 6.83. The molecule has 0 aliphatic rings. The smallest absolute Gasteiger partial charge is 0.164 e. The minimum Gasteiger partial charge on any atom is -0.277 e. The highest BCUT2D eigenvalue weighted by atomic mass is 19.1. The molecule has 0 fully saturated rings. The lowest BCUT2D eigenvalue weighted by atomic mass is 10.2. The zero-order chi connectivity index (χ0) is 14.9. The summed E-state index contributed by atoms with van der Waals surface area (Å²) in [5.41, 5.74) is 3.08. The van der Waals surface area contributed by atoms with Gasteiger partial charge in [-0.25, -0.2) is 14.4 Å². The number of benzene rings is 1. The number of imidazole rings is 1. The van der Waals surface area contributed by atoms with Crippen molar-refractivity contribution in [1.29, 1.82) is 0 Å². The summed E-state index contributed by atoms with van der Waals surface area (Å²) in [6.07, 6.45) is 5.13. The summed E-state index contributed by atoms with van der Waals surface area (Å²) in [4.78, 5) is 13.1. The van der Waals surface area contributed by atoms with Crippen LogP contribution in [-0.2, 0) is 0 Å². The molecule has 0 saturated carbocycles. The Morgan fingerprint density at radius 1 is 0.909 bits per heavy atom. The average molecular weight is 290 g/mol. The molecule has 3 aromatic heterocycles. The van der Waals surface area contributed by atoms with Crippen molar-refractivity contribution in [3.8, 4) is 17.1 Å². The maximum Gasteiger partial charge on any atom is 0.164 e. The topological polar surface area (TPSA) is 43.6 Å². The Morgan fingerprint density at radius 2 is 1.77 bits per heavy atom. The van der Waals surface area contributed by atoms with Gasteiger partial charge in [0.05, 0.1) is 5.69 Å². The van der Waals surface area contributed by atoms with Gasteiger partial charge in [-0.15, -0.1) is 0 Å². The maximum absolute atomic E-state index is 13.6. The Hall–Kier alpha value is -3.08. The zero-order valence-corrected chi connectivity index (χ0v) is 11.5. The van der Waals surface area contributed by atoms with Gasteiger partial charge in [-0.3, -0.25) is 9.55 Å². The van der Waals surface area contributed by atoms with Crippen molar-refractivity contribution in [1.82, 2.24) is 19.5 Å². The molecule has 4 nitrogen and oxygen atoms in total. The van der Waals surface area contributed by atoms with E-state index in [4.69, 9.17) is 0 Å². The van der Waals surface area contributed by atoms with Crippen LogP contribution >= 0.6 is 0 Å². The molecule has 106 valence electrons. The van der Waals surface area contributed by atoms with Crippen molar-refractivity contribution >= 4 is 11.2 Å². The quantitative estimate of drug-likeness (QED) is 0.566. The largest absolute Gasteiger partial charge is 0.277 e. The molecule has 1 aromatic carbocycles. The number of hydrogen-bond acceptors (Lipinski definition) is 3. The predicted molar refractivity (Wildman–Crippen MR) is 82.1 cm³/mol. The molecule has 0 amide bonds. The minimum absolute atomic E-state index is 0.293. The molecule has 0 aliphatic heterocycles. The van der Waals surface area contributed by atoms with Crippen molar-refractivity contribution in [2.45, 2.75) is 0 Å². The molecular formula is C17H11FN4. The Kier molecular flexibility index (Phi) is 2.89. The van der Waals surface area contributed by atoms with Gasteiger partial charge in [0.25, 0.3) is 0 Å². The third kappa shape index (κ3) is 2.03. The fraction of sp³-hybridized carbons (Fsp3) is 0. The molecule has 0 bridgehead atoms. The molecule has 0 atom stereocenters. The van der Waals surface area contributed by atoms with Crippen molar-refractivity contribution in [2.75, 3.05) is 0 Å². The predicted octanol–water partition coefficient (Wildman–Crippen LogP) is 3.62. The molecule has 22 heavy (non-hydrogen) atoms. The highest BCUT2D eigenvalue weighted by Gasteiger charge is 2.15. The lowest BCUT2D eigenvalue weighted by molar-refractivity contribution is 0.628. The summed E-state index contributed by atoms with van der Waals surface area (Å²) in [6.45, 7) is 0. The Morgan fingerprint density at radius 3 is 2.59 bits per heavy atom. The fourth-order valence-corrected chi connectivity index (χ4v) is 2.47. The average Bonchev–Trinajstić information content (AvgIpc) is 2.95. The zero-order valence-electron chi connectivity index (χ0n) is 11.5. The molecule has 0 N–H and O–H groups in total. The van der Waals surface area contributed by atoms with Gasteiger partial charge in [0.1, 0.15) is 17.2 Å². The number of nitrogens with zero attached hydrogens (tertiary/aromatic N) is 4. The summed E-state index contributed by atoms with van der Waals surface area (Å²) in [7, 11) is 0. The van der Waals surface area contributed by atoms with Crippen LogP contribution in [0.3, 0.4) is 0 Å². The normalized spacial score (nSPS) is 11.0. The summed E-state index contributed by atoms with van der Waals surface area (Å²) < 4.78 is 15.5. The summed E-state index contributed by atoms with van der Waals surface area (Å²) >= 11 is 0. The van der Waals surface area contributed by atoms with Gasteiger partial charge in [-0.05, 0) is 36.4 Å². The van der Waals surface area contributed by atoms with E-state index in [1.807, 2.05) is 34.9 Å². The lowest BCUT2D eigenvalue weighted by Gasteiger charge is -2.08. The van der Waals surface area contributed by atoms with Gasteiger partial charge >= 0.3 is 0 Å². The molecule has 3 heterocycles. The van der Waals surface area contributed by atoms with Gasteiger partial charge in [0, 0.05) is 24.2 Å². The standard InChI is InChI=1S/C17H11FN4/c18-13-4-1-3-12(11-13)16-21-15-5-2-8-20-17(15)22(16)14-6-9-19-10-7-14/h1-11H. The van der Waals surface area contributed by atoms with E-state index in [1.165, 1.54) is 12.1 Å². The molecule has 0 aliphatic carbocycles. The first kappa shape index (κ1) is 12.6. The molecule has 4 rings (SSSR count). The van der Waals surface area contributed by atoms with Gasteiger partial charge < -0.3 is 0 Å². The second-order valence-corrected chi connectivity index (χ2v) is 4.83. The van der Waals surface area contributed by atoms with Crippen LogP contribution in [0.5, 0.6) is 0 Å². The van der Waals surface area contributed by atoms with Crippen molar-refractivity contribution in [2.24, 2.45) is 0 Å². The van der Waals surface area contributed by atoms with E-state index < -0.39 is 0 Å². The van der Waals surface area contributed by atoms with E-state index in [2.05, 4.69) is 15.0 Å². The van der Waals surface area contributed by atoms with Crippen LogP contribution in [0.15, 0.2) is 67.1 Å². The molecule has 0 saturated heterocycles. The third-order valence-electron chi connectivity index (χ3n) is 3.42. The van der Waals surface area contributed by atoms with Gasteiger partial charge in [-0.1, -0.05) is 12.1 Å². The monoisotopic (exact) mass is 290 g/mol. The van der Waals surface area contributed by atoms with E-state index in [-0.39, 0.29) is 5.82 Å². The first-order valence-corrected chi connectivity index (χ1v) is 6.83. The Balaban J connectivity index is 2.06. The van der Waals surface area contributed by atoms with Crippen LogP contribution in [0.1, 0.15) is 0 Å². The van der Waals surface area contributed by atoms with Crippen LogP contribution in [0.4, 0.5) is 4.39 Å². The first-order chi connectivity index (χ1) is 10.8. The number of fused-ring (bicyclic) bond motifs is 1. The van der Waals surface area contributed by atoms with Gasteiger partial charge in [0.2, 0.25) is 0 Å². The minimum atomic E-state index is -0.293. The molecule has 0 spiro atoms. The highest BCUT2D eigenvalue weighted by molar-refractivity contribution is 5.79. The molecule has 4 aromatic rings. The number of aromatic nitrogens is 4. The summed E-state index contributed by atoms with van der Waals surface area (Å²) in [5, 5.41) is 0. The number of rotatable bonds is 2. The Bertz CT molecular complexity index is 947. The fourth-order valence-electron chi connectivity index (χ4n) is 2.47. The van der Waals surface area contributed by atoms with Crippen LogP contribution in [0, 0.1) is 5.82 Å². The second-order valence-electron chi connectivity index (χ2n) is 4.83. The summed E-state index contributed by atoms with van der Waals surface area (Å²) in [5.74, 6) is 0.359. The van der Waals surface area contributed by atoms with Crippen molar-refractivity contribution < 1.29 is 4.39 Å². The van der Waals surface area contributed by atoms with E-state index in [1.54, 1.807) is 24.7 Å². The molecule has 5 heteroatoms. The van der Waals surface area contributed by atoms with Gasteiger partial charge in [-0.2, -0.15) is 0 Å². The summed E-state index contributed by atoms with van der Waals surface area (Å²) in [6, 6.07) is 13.9. The van der Waals surface area contributed by atoms with E-state index in [0.29, 0.717) is 11.4 Å². The maximum atomic E-state index is 13.6. The SMILES string of the molecule is Fc1cccc(-c2nc3cccnc3n2-c2ccncc2)c1. The molecular weight excluding hydrogens is 279 g/mol. The number of hydrogen-bond donors (Lipinski definition) is 0. The van der Waals surface area contributed by atoms with Crippen LogP contribution in [0.2, 0.25) is 0 Å². The van der Waals surface area contributed by atoms with Crippen molar-refractivity contribution in [3.05, 3.63) is 72.9 Å². The van der Waals surface area contributed by atoms with E-state index >= 15 is 0 Å².